The summed E-state index contributed by atoms with van der Waals surface area (Å²) in [6, 6.07) is 6.39. The van der Waals surface area contributed by atoms with Crippen molar-refractivity contribution in [1.82, 2.24) is 10.3 Å². The maximum Gasteiger partial charge on any atom is 0.412 e. The minimum Gasteiger partial charge on any atom is -0.496 e. The summed E-state index contributed by atoms with van der Waals surface area (Å²) in [4.78, 5) is 32.2. The third-order valence-electron chi connectivity index (χ3n) is 4.44. The van der Waals surface area contributed by atoms with Gasteiger partial charge < -0.3 is 9.47 Å². The van der Waals surface area contributed by atoms with E-state index in [4.69, 9.17) is 4.74 Å². The molecule has 8 heteroatoms. The van der Waals surface area contributed by atoms with Gasteiger partial charge in [0.25, 0.3) is 0 Å². The first kappa shape index (κ1) is 19.5. The number of fused-ring (bicyclic) bond motifs is 1. The molecule has 0 radical (unpaired) electrons. The number of hydrogen-bond acceptors (Lipinski definition) is 6. The van der Waals surface area contributed by atoms with Crippen LogP contribution in [-0.2, 0) is 28.9 Å². The number of benzene rings is 1. The van der Waals surface area contributed by atoms with Crippen LogP contribution in [0.5, 0.6) is 5.75 Å². The molecule has 1 N–H and O–H groups in total. The van der Waals surface area contributed by atoms with Gasteiger partial charge >= 0.3 is 6.09 Å². The summed E-state index contributed by atoms with van der Waals surface area (Å²) in [6.07, 6.45) is 1.57. The fraction of sp³-hybridized carbons (Fsp3) is 0.300. The number of methoxy groups -OCH3 is 2. The van der Waals surface area contributed by atoms with E-state index < -0.39 is 6.09 Å². The van der Waals surface area contributed by atoms with Gasteiger partial charge in [-0.3, -0.25) is 20.1 Å². The Hall–Kier alpha value is -3.29. The van der Waals surface area contributed by atoms with Crippen molar-refractivity contribution in [2.45, 2.75) is 25.8 Å². The Labute approximate surface area is 161 Å². The Morgan fingerprint density at radius 3 is 2.86 bits per heavy atom. The van der Waals surface area contributed by atoms with E-state index in [2.05, 4.69) is 20.0 Å². The second kappa shape index (κ2) is 8.60. The average molecular weight is 385 g/mol. The van der Waals surface area contributed by atoms with Gasteiger partial charge in [-0.15, -0.1) is 0 Å². The number of carbonyl (C=O) groups is 2. The molecule has 0 atom stereocenters. The van der Waals surface area contributed by atoms with Crippen molar-refractivity contribution >= 4 is 17.7 Å². The van der Waals surface area contributed by atoms with Crippen LogP contribution in [-0.4, -0.2) is 36.9 Å². The van der Waals surface area contributed by atoms with E-state index in [1.807, 2.05) is 0 Å². The summed E-state index contributed by atoms with van der Waals surface area (Å²) in [7, 11) is 2.75. The predicted octanol–water partition coefficient (Wildman–Crippen LogP) is 2.59. The summed E-state index contributed by atoms with van der Waals surface area (Å²) in [6.45, 7) is 0.394. The van der Waals surface area contributed by atoms with Gasteiger partial charge in [0, 0.05) is 35.9 Å². The van der Waals surface area contributed by atoms with Gasteiger partial charge in [-0.1, -0.05) is 6.07 Å². The molecule has 2 heterocycles. The van der Waals surface area contributed by atoms with Crippen molar-refractivity contribution in [2.24, 2.45) is 4.99 Å². The highest BCUT2D eigenvalue weighted by atomic mass is 19.1. The maximum absolute atomic E-state index is 14.0. The number of amides is 1. The van der Waals surface area contributed by atoms with Crippen molar-refractivity contribution in [1.29, 1.82) is 0 Å². The fourth-order valence-electron chi connectivity index (χ4n) is 3.02. The van der Waals surface area contributed by atoms with Crippen LogP contribution in [0.4, 0.5) is 9.18 Å². The number of aromatic nitrogens is 1. The molecule has 0 saturated carbocycles. The monoisotopic (exact) mass is 385 g/mol. The quantitative estimate of drug-likeness (QED) is 0.826. The van der Waals surface area contributed by atoms with E-state index in [0.717, 1.165) is 5.56 Å². The first-order chi connectivity index (χ1) is 13.5. The normalized spacial score (nSPS) is 12.2. The Morgan fingerprint density at radius 2 is 2.11 bits per heavy atom. The molecule has 2 aromatic rings. The number of nitrogens with zero attached hydrogens (tertiary/aromatic N) is 2. The van der Waals surface area contributed by atoms with Gasteiger partial charge in [-0.2, -0.15) is 0 Å². The molecule has 146 valence electrons. The molecule has 1 aliphatic rings. The van der Waals surface area contributed by atoms with Crippen LogP contribution in [0.25, 0.3) is 0 Å². The minimum atomic E-state index is -0.602. The van der Waals surface area contributed by atoms with E-state index >= 15 is 0 Å². The number of alkyl carbamates (subject to hydrolysis) is 1. The number of Topliss-reactive ketones (excluding diaryl/α,β-unsaturated/α-hetero) is 1. The first-order valence-corrected chi connectivity index (χ1v) is 8.72. The second-order valence-electron chi connectivity index (χ2n) is 6.25. The zero-order valence-corrected chi connectivity index (χ0v) is 15.6. The Balaban J connectivity index is 1.61. The molecular formula is C20H20FN3O4. The van der Waals surface area contributed by atoms with Gasteiger partial charge in [0.05, 0.1) is 20.8 Å². The Bertz CT molecular complexity index is 943. The number of carbonyl (C=O) groups excluding carboxylic acids is 2. The highest BCUT2D eigenvalue weighted by molar-refractivity contribution is 6.08. The number of halogens is 1. The molecule has 7 nitrogen and oxygen atoms in total. The highest BCUT2D eigenvalue weighted by Crippen LogP contribution is 2.23. The highest BCUT2D eigenvalue weighted by Gasteiger charge is 2.20. The van der Waals surface area contributed by atoms with Gasteiger partial charge in [0.1, 0.15) is 23.2 Å². The summed E-state index contributed by atoms with van der Waals surface area (Å²) >= 11 is 0. The van der Waals surface area contributed by atoms with Crippen molar-refractivity contribution in [3.8, 4) is 5.75 Å². The molecule has 0 aliphatic carbocycles. The Kier molecular flexibility index (Phi) is 5.98. The molecule has 1 aliphatic heterocycles. The zero-order chi connectivity index (χ0) is 20.1. The standard InChI is InChI=1S/C20H20FN3O4/c1-27-18-5-3-4-17(21)15(18)7-6-14(25)9-13-8-12-10-23-19(16(12)11-22-13)24-20(26)28-2/h3-5,8,11H,6-7,9-10H2,1-2H3,(H,23,24,26). The van der Waals surface area contributed by atoms with E-state index in [0.29, 0.717) is 35.0 Å². The number of hydrogen-bond donors (Lipinski definition) is 1. The fourth-order valence-corrected chi connectivity index (χ4v) is 3.02. The third kappa shape index (κ3) is 4.33. The van der Waals surface area contributed by atoms with E-state index in [1.165, 1.54) is 20.3 Å². The minimum absolute atomic E-state index is 0.0513. The van der Waals surface area contributed by atoms with Gasteiger partial charge in [-0.05, 0) is 30.2 Å². The van der Waals surface area contributed by atoms with E-state index in [9.17, 15) is 14.0 Å². The van der Waals surface area contributed by atoms with Crippen LogP contribution in [0, 0.1) is 5.82 Å². The number of ether oxygens (including phenoxy) is 2. The van der Waals surface area contributed by atoms with Gasteiger partial charge in [-0.25, -0.2) is 9.18 Å². The third-order valence-corrected chi connectivity index (χ3v) is 4.44. The number of ketones is 1. The molecule has 0 spiro atoms. The molecule has 28 heavy (non-hydrogen) atoms. The smallest absolute Gasteiger partial charge is 0.412 e. The van der Waals surface area contributed by atoms with Crippen molar-refractivity contribution in [2.75, 3.05) is 14.2 Å². The van der Waals surface area contributed by atoms with Crippen LogP contribution < -0.4 is 10.1 Å². The molecule has 0 saturated heterocycles. The van der Waals surface area contributed by atoms with Crippen LogP contribution in [0.3, 0.4) is 0 Å². The molecule has 3 rings (SSSR count). The lowest BCUT2D eigenvalue weighted by Crippen LogP contribution is -2.30. The van der Waals surface area contributed by atoms with Crippen molar-refractivity contribution < 1.29 is 23.5 Å². The largest absolute Gasteiger partial charge is 0.496 e. The SMILES string of the molecule is COC(=O)NC1=NCc2cc(CC(=O)CCc3c(F)cccc3OC)ncc21. The summed E-state index contributed by atoms with van der Waals surface area (Å²) in [5, 5.41) is 2.53. The zero-order valence-electron chi connectivity index (χ0n) is 15.6. The van der Waals surface area contributed by atoms with Crippen LogP contribution in [0.2, 0.25) is 0 Å². The first-order valence-electron chi connectivity index (χ1n) is 8.72. The topological polar surface area (TPSA) is 89.9 Å². The maximum atomic E-state index is 14.0. The molecular weight excluding hydrogens is 365 g/mol. The number of amidine groups is 1. The van der Waals surface area contributed by atoms with Crippen LogP contribution >= 0.6 is 0 Å². The predicted molar refractivity (Wildman–Crippen MR) is 100 cm³/mol. The molecule has 0 bridgehead atoms. The van der Waals surface area contributed by atoms with Crippen LogP contribution in [0.15, 0.2) is 35.5 Å². The molecule has 1 aromatic carbocycles. The number of aliphatic imine (C=N–C) groups is 1. The second-order valence-corrected chi connectivity index (χ2v) is 6.25. The lowest BCUT2D eigenvalue weighted by molar-refractivity contribution is -0.118. The van der Waals surface area contributed by atoms with E-state index in [1.54, 1.807) is 24.4 Å². The number of nitrogens with one attached hydrogen (secondary N) is 1. The molecule has 0 unspecified atom stereocenters. The molecule has 0 fully saturated rings. The van der Waals surface area contributed by atoms with E-state index in [-0.39, 0.29) is 30.9 Å². The number of rotatable bonds is 6. The average Bonchev–Trinajstić information content (AvgIpc) is 3.08. The lowest BCUT2D eigenvalue weighted by atomic mass is 10.0. The summed E-state index contributed by atoms with van der Waals surface area (Å²) in [5.41, 5.74) is 2.59. The molecule has 1 aromatic heterocycles. The van der Waals surface area contributed by atoms with Crippen molar-refractivity contribution in [3.63, 3.8) is 0 Å². The number of pyridine rings is 1. The van der Waals surface area contributed by atoms with Gasteiger partial charge in [0.15, 0.2) is 0 Å². The Morgan fingerprint density at radius 1 is 1.29 bits per heavy atom. The lowest BCUT2D eigenvalue weighted by Gasteiger charge is -2.09. The summed E-state index contributed by atoms with van der Waals surface area (Å²) in [5.74, 6) is 0.403. The van der Waals surface area contributed by atoms with Gasteiger partial charge in [0.2, 0.25) is 0 Å². The van der Waals surface area contributed by atoms with Crippen molar-refractivity contribution in [3.05, 3.63) is 58.7 Å². The van der Waals surface area contributed by atoms with Crippen LogP contribution in [0.1, 0.15) is 28.8 Å². The molecule has 1 amide bonds. The summed E-state index contributed by atoms with van der Waals surface area (Å²) < 4.78 is 23.7.